The highest BCUT2D eigenvalue weighted by Gasteiger charge is 2.47. The van der Waals surface area contributed by atoms with Crippen LogP contribution in [0.5, 0.6) is 5.75 Å². The molecular formula is C45H70N8O12. The van der Waals surface area contributed by atoms with E-state index in [4.69, 9.17) is 10.5 Å². The largest absolute Gasteiger partial charge is 0.508 e. The Kier molecular flexibility index (Phi) is 19.7. The zero-order valence-electron chi connectivity index (χ0n) is 39.2. The summed E-state index contributed by atoms with van der Waals surface area (Å²) >= 11 is 0. The average Bonchev–Trinajstić information content (AvgIpc) is 3.23. The summed E-state index contributed by atoms with van der Waals surface area (Å²) in [4.78, 5) is 127. The number of nitrogens with one attached hydrogen (secondary N) is 5. The second-order valence-corrected chi connectivity index (χ2v) is 18.3. The summed E-state index contributed by atoms with van der Waals surface area (Å²) in [5.41, 5.74) is 5.89. The number of hydrogen-bond acceptors (Lipinski definition) is 12. The molecule has 0 saturated carbocycles. The van der Waals surface area contributed by atoms with E-state index in [-0.39, 0.29) is 50.2 Å². The van der Waals surface area contributed by atoms with Crippen molar-refractivity contribution in [2.75, 3.05) is 7.05 Å². The third-order valence-corrected chi connectivity index (χ3v) is 11.9. The van der Waals surface area contributed by atoms with Crippen molar-refractivity contribution in [3.05, 3.63) is 29.8 Å². The average molecular weight is 915 g/mol. The number of likely N-dealkylation sites (N-methyl/N-ethyl adjacent to an activating group) is 1. The predicted octanol–water partition coefficient (Wildman–Crippen LogP) is 0.110. The molecule has 2 aliphatic heterocycles. The van der Waals surface area contributed by atoms with Crippen molar-refractivity contribution in [3.8, 4) is 5.75 Å². The fraction of sp³-hybridized carbons (Fsp3) is 0.667. The van der Waals surface area contributed by atoms with Crippen LogP contribution in [0.1, 0.15) is 106 Å². The fourth-order valence-electron chi connectivity index (χ4n) is 7.73. The molecule has 0 aliphatic carbocycles. The van der Waals surface area contributed by atoms with Crippen molar-refractivity contribution in [1.29, 1.82) is 0 Å². The monoisotopic (exact) mass is 915 g/mol. The zero-order chi connectivity index (χ0) is 49.0. The summed E-state index contributed by atoms with van der Waals surface area (Å²) < 4.78 is 5.89. The second kappa shape index (κ2) is 23.9. The van der Waals surface area contributed by atoms with E-state index >= 15 is 0 Å². The lowest BCUT2D eigenvalue weighted by atomic mass is 9.93. The predicted molar refractivity (Wildman–Crippen MR) is 236 cm³/mol. The van der Waals surface area contributed by atoms with E-state index in [1.165, 1.54) is 26.1 Å². The SMILES string of the molecule is CCC(C)[C@@H]1NC(=O)[C@H](Cc2ccc(O)cc2)N(C)C(=O)[C@H](C(C)C)N2C(=O)C(CC[C@@H]2O)NC(=O)[C@H](CC(C)C)NC(=O)[C@@H](NC(=O)[C@H](CCC(N)=O)NC(=O)C(C)C)[C@@H](C)OC1=O. The van der Waals surface area contributed by atoms with Crippen LogP contribution in [0.15, 0.2) is 24.3 Å². The molecule has 20 heteroatoms. The van der Waals surface area contributed by atoms with Crippen LogP contribution in [-0.2, 0) is 54.3 Å². The Morgan fingerprint density at radius 2 is 1.51 bits per heavy atom. The molecule has 2 bridgehead atoms. The summed E-state index contributed by atoms with van der Waals surface area (Å²) in [5, 5.41) is 34.5. The van der Waals surface area contributed by atoms with E-state index in [9.17, 15) is 53.4 Å². The van der Waals surface area contributed by atoms with Crippen LogP contribution in [0.4, 0.5) is 0 Å². The summed E-state index contributed by atoms with van der Waals surface area (Å²) in [6.45, 7) is 14.8. The van der Waals surface area contributed by atoms with Gasteiger partial charge >= 0.3 is 5.97 Å². The molecule has 8 amide bonds. The number of benzene rings is 1. The van der Waals surface area contributed by atoms with Gasteiger partial charge in [-0.05, 0) is 68.1 Å². The third kappa shape index (κ3) is 14.6. The molecular weight excluding hydrogens is 845 g/mol. The Morgan fingerprint density at radius 3 is 2.06 bits per heavy atom. The van der Waals surface area contributed by atoms with Gasteiger partial charge < -0.3 is 57.1 Å². The van der Waals surface area contributed by atoms with E-state index in [1.807, 2.05) is 0 Å². The summed E-state index contributed by atoms with van der Waals surface area (Å²) in [6.07, 6.45) is -3.33. The van der Waals surface area contributed by atoms with Crippen molar-refractivity contribution in [3.63, 3.8) is 0 Å². The molecule has 2 fully saturated rings. The van der Waals surface area contributed by atoms with Gasteiger partial charge in [0.25, 0.3) is 0 Å². The molecule has 2 unspecified atom stereocenters. The van der Waals surface area contributed by atoms with Crippen LogP contribution < -0.4 is 32.3 Å². The van der Waals surface area contributed by atoms with Crippen molar-refractivity contribution in [1.82, 2.24) is 36.4 Å². The number of ether oxygens (including phenoxy) is 1. The molecule has 1 aromatic carbocycles. The number of aliphatic hydroxyl groups is 1. The van der Waals surface area contributed by atoms with E-state index in [0.717, 1.165) is 9.80 Å². The minimum Gasteiger partial charge on any atom is -0.508 e. The summed E-state index contributed by atoms with van der Waals surface area (Å²) in [7, 11) is 1.37. The van der Waals surface area contributed by atoms with E-state index in [1.54, 1.807) is 67.5 Å². The molecule has 65 heavy (non-hydrogen) atoms. The van der Waals surface area contributed by atoms with Gasteiger partial charge in [0.05, 0.1) is 0 Å². The maximum absolute atomic E-state index is 14.7. The number of nitrogens with two attached hydrogens (primary N) is 1. The maximum Gasteiger partial charge on any atom is 0.329 e. The van der Waals surface area contributed by atoms with Crippen LogP contribution in [0.2, 0.25) is 0 Å². The maximum atomic E-state index is 14.7. The molecule has 0 spiro atoms. The molecule has 2 heterocycles. The molecule has 1 aromatic rings. The van der Waals surface area contributed by atoms with Gasteiger partial charge in [0.15, 0.2) is 0 Å². The molecule has 2 saturated heterocycles. The molecule has 0 radical (unpaired) electrons. The number of rotatable bonds is 14. The summed E-state index contributed by atoms with van der Waals surface area (Å²) in [6, 6.07) is -3.82. The first-order valence-electron chi connectivity index (χ1n) is 22.4. The number of carbonyl (C=O) groups excluding carboxylic acids is 9. The van der Waals surface area contributed by atoms with Crippen LogP contribution in [0.3, 0.4) is 0 Å². The van der Waals surface area contributed by atoms with Gasteiger partial charge in [0.1, 0.15) is 60.4 Å². The quantitative estimate of drug-likeness (QED) is 0.116. The number of piperidine rings is 1. The van der Waals surface area contributed by atoms with Gasteiger partial charge in [0.2, 0.25) is 47.3 Å². The summed E-state index contributed by atoms with van der Waals surface area (Å²) in [5.74, 6) is -9.36. The number of nitrogens with zero attached hydrogens (tertiary/aromatic N) is 2. The Bertz CT molecular complexity index is 1890. The number of fused-ring (bicyclic) bond motifs is 2. The zero-order valence-corrected chi connectivity index (χ0v) is 39.2. The van der Waals surface area contributed by atoms with Gasteiger partial charge in [-0.15, -0.1) is 0 Å². The van der Waals surface area contributed by atoms with Crippen molar-refractivity contribution in [2.24, 2.45) is 29.4 Å². The molecule has 9 N–H and O–H groups in total. The van der Waals surface area contributed by atoms with Crippen molar-refractivity contribution in [2.45, 2.75) is 162 Å². The number of phenols is 1. The van der Waals surface area contributed by atoms with Crippen molar-refractivity contribution < 1.29 is 58.1 Å². The third-order valence-electron chi connectivity index (χ3n) is 11.9. The van der Waals surface area contributed by atoms with Gasteiger partial charge in [-0.3, -0.25) is 38.4 Å². The number of aliphatic hydroxyl groups excluding tert-OH is 1. The van der Waals surface area contributed by atoms with Crippen LogP contribution in [0.25, 0.3) is 0 Å². The minimum absolute atomic E-state index is 0.0250. The lowest BCUT2D eigenvalue weighted by molar-refractivity contribution is -0.167. The number of aromatic hydroxyl groups is 1. The van der Waals surface area contributed by atoms with Crippen LogP contribution in [0, 0.1) is 23.7 Å². The highest BCUT2D eigenvalue weighted by Crippen LogP contribution is 2.27. The first-order chi connectivity index (χ1) is 30.4. The number of amides is 8. The van der Waals surface area contributed by atoms with Crippen molar-refractivity contribution >= 4 is 53.2 Å². The van der Waals surface area contributed by atoms with E-state index < -0.39 is 126 Å². The number of primary amides is 1. The minimum atomic E-state index is -1.74. The van der Waals surface area contributed by atoms with E-state index in [0.29, 0.717) is 12.0 Å². The molecule has 3 rings (SSSR count). The lowest BCUT2D eigenvalue weighted by Crippen LogP contribution is -2.66. The fourth-order valence-corrected chi connectivity index (χ4v) is 7.73. The standard InChI is InChI=1S/C45H70N8O12/c1-11-25(8)35-45(64)65-26(9)36(51-39(58)29(16-18-33(46)55)47-38(57)24(6)7)42(61)49-31(20-22(2)3)40(59)48-30-17-19-34(56)53(43(30)62)37(23(4)5)44(63)52(10)32(41(60)50-35)21-27-12-14-28(54)15-13-27/h12-15,22-26,29-32,34-37,54,56H,11,16-21H2,1-10H3,(H2,46,55)(H,47,57)(H,48,59)(H,49,61)(H,50,60)(H,51,58)/t25?,26-,29+,30?,31+,32+,34+,35+,36+,37+/m1/s1. The van der Waals surface area contributed by atoms with Gasteiger partial charge in [-0.25, -0.2) is 4.79 Å². The smallest absolute Gasteiger partial charge is 0.329 e. The Morgan fingerprint density at radius 1 is 0.877 bits per heavy atom. The van der Waals surface area contributed by atoms with Gasteiger partial charge in [0, 0.05) is 25.8 Å². The second-order valence-electron chi connectivity index (χ2n) is 18.3. The molecule has 20 nitrogen and oxygen atoms in total. The normalized spacial score (nSPS) is 26.2. The Balaban J connectivity index is 2.25. The Labute approximate surface area is 380 Å². The highest BCUT2D eigenvalue weighted by molar-refractivity contribution is 5.98. The molecule has 10 atom stereocenters. The van der Waals surface area contributed by atoms with Gasteiger partial charge in [-0.2, -0.15) is 0 Å². The molecule has 2 aliphatic rings. The number of esters is 1. The number of phenolic OH excluding ortho intramolecular Hbond substituents is 1. The number of hydrogen-bond donors (Lipinski definition) is 8. The van der Waals surface area contributed by atoms with Gasteiger partial charge in [-0.1, -0.05) is 73.9 Å². The van der Waals surface area contributed by atoms with E-state index in [2.05, 4.69) is 26.6 Å². The Hall–Kier alpha value is -5.79. The number of cyclic esters (lactones) is 1. The lowest BCUT2D eigenvalue weighted by Gasteiger charge is -2.44. The van der Waals surface area contributed by atoms with Crippen LogP contribution in [-0.4, -0.2) is 135 Å². The first kappa shape index (κ1) is 53.5. The highest BCUT2D eigenvalue weighted by atomic mass is 16.5. The molecule has 0 aromatic heterocycles. The number of carbonyl (C=O) groups is 9. The first-order valence-corrected chi connectivity index (χ1v) is 22.4. The van der Waals surface area contributed by atoms with Crippen LogP contribution >= 0.6 is 0 Å². The molecule has 362 valence electrons. The topological polar surface area (TPSA) is 296 Å².